The van der Waals surface area contributed by atoms with E-state index in [0.29, 0.717) is 0 Å². The molecule has 1 rings (SSSR count). The summed E-state index contributed by atoms with van der Waals surface area (Å²) >= 11 is 3.42. The third-order valence-corrected chi connectivity index (χ3v) is 3.27. The minimum atomic E-state index is 0.824. The predicted octanol–water partition coefficient (Wildman–Crippen LogP) is 3.65. The van der Waals surface area contributed by atoms with Gasteiger partial charge in [-0.15, -0.1) is 0 Å². The maximum absolute atomic E-state index is 5.88. The standard InChI is InChI=1S/C13H21BrN2/c1-3-7-16(8-4-2)10-11-5-6-12(14)13(15)9-11/h5-6,9H,3-4,7-8,10,15H2,1-2H3. The second-order valence-corrected chi connectivity index (χ2v) is 4.99. The first-order chi connectivity index (χ1) is 7.67. The van der Waals surface area contributed by atoms with Crippen molar-refractivity contribution in [2.45, 2.75) is 33.2 Å². The number of anilines is 1. The molecule has 0 radical (unpaired) electrons. The molecule has 0 unspecified atom stereocenters. The first kappa shape index (κ1) is 13.5. The molecule has 0 saturated carbocycles. The van der Waals surface area contributed by atoms with Gasteiger partial charge in [0.05, 0.1) is 0 Å². The molecule has 0 atom stereocenters. The molecule has 0 aliphatic heterocycles. The van der Waals surface area contributed by atoms with Gasteiger partial charge >= 0.3 is 0 Å². The van der Waals surface area contributed by atoms with E-state index in [-0.39, 0.29) is 0 Å². The van der Waals surface area contributed by atoms with Gasteiger partial charge in [0.1, 0.15) is 0 Å². The molecule has 0 saturated heterocycles. The lowest BCUT2D eigenvalue weighted by Gasteiger charge is -2.21. The third-order valence-electron chi connectivity index (χ3n) is 2.55. The van der Waals surface area contributed by atoms with E-state index in [1.54, 1.807) is 0 Å². The molecule has 2 N–H and O–H groups in total. The van der Waals surface area contributed by atoms with Crippen molar-refractivity contribution in [3.8, 4) is 0 Å². The lowest BCUT2D eigenvalue weighted by atomic mass is 10.2. The zero-order valence-corrected chi connectivity index (χ0v) is 11.8. The summed E-state index contributed by atoms with van der Waals surface area (Å²) in [6.45, 7) is 7.75. The molecule has 16 heavy (non-hydrogen) atoms. The molecule has 0 heterocycles. The number of benzene rings is 1. The molecule has 2 nitrogen and oxygen atoms in total. The van der Waals surface area contributed by atoms with Crippen LogP contribution in [0.15, 0.2) is 22.7 Å². The fraction of sp³-hybridized carbons (Fsp3) is 0.538. The van der Waals surface area contributed by atoms with Gasteiger partial charge in [-0.1, -0.05) is 19.9 Å². The summed E-state index contributed by atoms with van der Waals surface area (Å²) in [5, 5.41) is 0. The Labute approximate surface area is 107 Å². The van der Waals surface area contributed by atoms with Crippen molar-refractivity contribution in [1.82, 2.24) is 4.90 Å². The van der Waals surface area contributed by atoms with Crippen molar-refractivity contribution in [2.75, 3.05) is 18.8 Å². The van der Waals surface area contributed by atoms with Crippen LogP contribution in [0.2, 0.25) is 0 Å². The minimum Gasteiger partial charge on any atom is -0.398 e. The van der Waals surface area contributed by atoms with E-state index in [0.717, 1.165) is 29.8 Å². The number of hydrogen-bond donors (Lipinski definition) is 1. The largest absolute Gasteiger partial charge is 0.398 e. The highest BCUT2D eigenvalue weighted by Gasteiger charge is 2.05. The third kappa shape index (κ3) is 4.14. The Morgan fingerprint density at radius 1 is 1.19 bits per heavy atom. The molecular weight excluding hydrogens is 264 g/mol. The average Bonchev–Trinajstić information content (AvgIpc) is 2.24. The number of hydrogen-bond acceptors (Lipinski definition) is 2. The van der Waals surface area contributed by atoms with Crippen molar-refractivity contribution in [2.24, 2.45) is 0 Å². The van der Waals surface area contributed by atoms with Crippen LogP contribution < -0.4 is 5.73 Å². The SMILES string of the molecule is CCCN(CCC)Cc1ccc(Br)c(N)c1. The van der Waals surface area contributed by atoms with Gasteiger partial charge in [-0.2, -0.15) is 0 Å². The summed E-state index contributed by atoms with van der Waals surface area (Å²) in [6, 6.07) is 6.22. The predicted molar refractivity (Wildman–Crippen MR) is 74.4 cm³/mol. The zero-order valence-electron chi connectivity index (χ0n) is 10.2. The van der Waals surface area contributed by atoms with Crippen LogP contribution in [0.1, 0.15) is 32.3 Å². The Kier molecular flexibility index (Phi) is 5.85. The average molecular weight is 285 g/mol. The molecule has 3 heteroatoms. The van der Waals surface area contributed by atoms with Gasteiger partial charge < -0.3 is 5.73 Å². The molecule has 0 aliphatic carbocycles. The topological polar surface area (TPSA) is 29.3 Å². The van der Waals surface area contributed by atoms with Gasteiger partial charge in [0.2, 0.25) is 0 Å². The van der Waals surface area contributed by atoms with Crippen molar-refractivity contribution < 1.29 is 0 Å². The van der Waals surface area contributed by atoms with Gasteiger partial charge in [-0.05, 0) is 59.6 Å². The summed E-state index contributed by atoms with van der Waals surface area (Å²) in [5.74, 6) is 0. The molecule has 0 bridgehead atoms. The van der Waals surface area contributed by atoms with Crippen LogP contribution in [0, 0.1) is 0 Å². The quantitative estimate of drug-likeness (QED) is 0.808. The second-order valence-electron chi connectivity index (χ2n) is 4.13. The molecule has 0 spiro atoms. The van der Waals surface area contributed by atoms with Crippen LogP contribution in [0.3, 0.4) is 0 Å². The highest BCUT2D eigenvalue weighted by molar-refractivity contribution is 9.10. The Morgan fingerprint density at radius 2 is 1.81 bits per heavy atom. The monoisotopic (exact) mass is 284 g/mol. The normalized spacial score (nSPS) is 11.0. The van der Waals surface area contributed by atoms with Gasteiger partial charge in [-0.3, -0.25) is 4.90 Å². The van der Waals surface area contributed by atoms with E-state index in [1.807, 2.05) is 6.07 Å². The molecule has 0 amide bonds. The Balaban J connectivity index is 2.65. The lowest BCUT2D eigenvalue weighted by molar-refractivity contribution is 0.266. The van der Waals surface area contributed by atoms with E-state index < -0.39 is 0 Å². The van der Waals surface area contributed by atoms with E-state index >= 15 is 0 Å². The number of halogens is 1. The molecule has 0 aromatic heterocycles. The molecule has 1 aromatic carbocycles. The van der Waals surface area contributed by atoms with Gasteiger partial charge in [0.25, 0.3) is 0 Å². The lowest BCUT2D eigenvalue weighted by Crippen LogP contribution is -2.24. The maximum atomic E-state index is 5.88. The van der Waals surface area contributed by atoms with E-state index in [2.05, 4.69) is 46.8 Å². The number of rotatable bonds is 6. The van der Waals surface area contributed by atoms with Crippen molar-refractivity contribution in [3.63, 3.8) is 0 Å². The van der Waals surface area contributed by atoms with Crippen LogP contribution in [-0.2, 0) is 6.54 Å². The summed E-state index contributed by atoms with van der Waals surface area (Å²) in [7, 11) is 0. The van der Waals surface area contributed by atoms with Crippen LogP contribution in [0.25, 0.3) is 0 Å². The Morgan fingerprint density at radius 3 is 2.31 bits per heavy atom. The first-order valence-corrected chi connectivity index (χ1v) is 6.73. The Hall–Kier alpha value is -0.540. The van der Waals surface area contributed by atoms with Crippen molar-refractivity contribution in [3.05, 3.63) is 28.2 Å². The number of nitrogens with two attached hydrogens (primary N) is 1. The minimum absolute atomic E-state index is 0.824. The highest BCUT2D eigenvalue weighted by atomic mass is 79.9. The zero-order chi connectivity index (χ0) is 12.0. The first-order valence-electron chi connectivity index (χ1n) is 5.93. The van der Waals surface area contributed by atoms with Crippen LogP contribution in [0.4, 0.5) is 5.69 Å². The summed E-state index contributed by atoms with van der Waals surface area (Å²) < 4.78 is 0.980. The van der Waals surface area contributed by atoms with Crippen molar-refractivity contribution in [1.29, 1.82) is 0 Å². The molecule has 0 aliphatic rings. The van der Waals surface area contributed by atoms with Crippen LogP contribution >= 0.6 is 15.9 Å². The fourth-order valence-electron chi connectivity index (χ4n) is 1.85. The molecule has 0 fully saturated rings. The molecule has 90 valence electrons. The van der Waals surface area contributed by atoms with Crippen LogP contribution in [-0.4, -0.2) is 18.0 Å². The highest BCUT2D eigenvalue weighted by Crippen LogP contribution is 2.21. The summed E-state index contributed by atoms with van der Waals surface area (Å²) in [5.41, 5.74) is 8.00. The van der Waals surface area contributed by atoms with Gasteiger partial charge in [-0.25, -0.2) is 0 Å². The van der Waals surface area contributed by atoms with Gasteiger partial charge in [0, 0.05) is 16.7 Å². The van der Waals surface area contributed by atoms with Gasteiger partial charge in [0.15, 0.2) is 0 Å². The van der Waals surface area contributed by atoms with Crippen LogP contribution in [0.5, 0.6) is 0 Å². The van der Waals surface area contributed by atoms with E-state index in [1.165, 1.54) is 18.4 Å². The van der Waals surface area contributed by atoms with E-state index in [9.17, 15) is 0 Å². The second kappa shape index (κ2) is 6.92. The number of nitrogens with zero attached hydrogens (tertiary/aromatic N) is 1. The molecule has 1 aromatic rings. The maximum Gasteiger partial charge on any atom is 0.0461 e. The fourth-order valence-corrected chi connectivity index (χ4v) is 2.10. The molecular formula is C13H21BrN2. The summed E-state index contributed by atoms with van der Waals surface area (Å²) in [6.07, 6.45) is 2.40. The Bertz CT molecular complexity index is 320. The number of nitrogen functional groups attached to an aromatic ring is 1. The summed E-state index contributed by atoms with van der Waals surface area (Å²) in [4.78, 5) is 2.47. The van der Waals surface area contributed by atoms with Crippen molar-refractivity contribution >= 4 is 21.6 Å². The van der Waals surface area contributed by atoms with E-state index in [4.69, 9.17) is 5.73 Å². The smallest absolute Gasteiger partial charge is 0.0461 e.